The van der Waals surface area contributed by atoms with Gasteiger partial charge in [-0.15, -0.1) is 0 Å². The number of aromatic nitrogens is 3. The number of imidazole rings is 1. The molecule has 0 bridgehead atoms. The van der Waals surface area contributed by atoms with Crippen LogP contribution in [0.4, 0.5) is 0 Å². The Bertz CT molecular complexity index is 904. The first kappa shape index (κ1) is 14.2. The molecule has 0 radical (unpaired) electrons. The summed E-state index contributed by atoms with van der Waals surface area (Å²) in [6.07, 6.45) is 2.55. The minimum atomic E-state index is -0.112. The second-order valence-electron chi connectivity index (χ2n) is 5.82. The number of hydrogen-bond acceptors (Lipinski definition) is 3. The molecule has 1 N–H and O–H groups in total. The smallest absolute Gasteiger partial charge is 0.290 e. The lowest BCUT2D eigenvalue weighted by Crippen LogP contribution is -2.43. The summed E-state index contributed by atoms with van der Waals surface area (Å²) in [5, 5.41) is 0.541. The molecule has 1 unspecified atom stereocenters. The van der Waals surface area contributed by atoms with E-state index in [9.17, 15) is 4.79 Å². The van der Waals surface area contributed by atoms with Crippen molar-refractivity contribution in [2.24, 2.45) is 0 Å². The highest BCUT2D eigenvalue weighted by molar-refractivity contribution is 6.35. The number of carbonyl (C=O) groups is 1. The number of benzene rings is 1. The van der Waals surface area contributed by atoms with Crippen LogP contribution < -0.4 is 0 Å². The number of amides is 1. The number of carbonyl (C=O) groups excluding carboxylic acids is 1. The monoisotopic (exact) mass is 326 g/mol. The van der Waals surface area contributed by atoms with Gasteiger partial charge in [-0.3, -0.25) is 9.78 Å². The summed E-state index contributed by atoms with van der Waals surface area (Å²) in [4.78, 5) is 26.6. The molecular formula is C17H15ClN4O. The topological polar surface area (TPSA) is 61.9 Å². The first-order valence-electron chi connectivity index (χ1n) is 7.51. The van der Waals surface area contributed by atoms with Gasteiger partial charge < -0.3 is 9.88 Å². The second-order valence-corrected chi connectivity index (χ2v) is 6.22. The Kier molecular flexibility index (Phi) is 3.31. The lowest BCUT2D eigenvalue weighted by molar-refractivity contribution is 0.0645. The molecule has 5 nitrogen and oxygen atoms in total. The molecule has 2 aromatic heterocycles. The van der Waals surface area contributed by atoms with Gasteiger partial charge in [0.05, 0.1) is 10.5 Å². The van der Waals surface area contributed by atoms with Crippen LogP contribution in [0.2, 0.25) is 5.02 Å². The third-order valence-corrected chi connectivity index (χ3v) is 4.58. The van der Waals surface area contributed by atoms with Crippen LogP contribution >= 0.6 is 11.6 Å². The predicted octanol–water partition coefficient (Wildman–Crippen LogP) is 3.20. The maximum Gasteiger partial charge on any atom is 0.290 e. The van der Waals surface area contributed by atoms with Gasteiger partial charge in [0.15, 0.2) is 5.82 Å². The Labute approximate surface area is 138 Å². The summed E-state index contributed by atoms with van der Waals surface area (Å²) in [5.74, 6) is 0.214. The van der Waals surface area contributed by atoms with Crippen molar-refractivity contribution in [3.63, 3.8) is 0 Å². The molecule has 6 heteroatoms. The molecule has 1 aliphatic rings. The Morgan fingerprint density at radius 3 is 3.04 bits per heavy atom. The highest BCUT2D eigenvalue weighted by Gasteiger charge is 2.29. The molecule has 0 fully saturated rings. The van der Waals surface area contributed by atoms with Crippen molar-refractivity contribution >= 4 is 28.5 Å². The van der Waals surface area contributed by atoms with Gasteiger partial charge in [0.1, 0.15) is 5.52 Å². The summed E-state index contributed by atoms with van der Waals surface area (Å²) < 4.78 is 0. The summed E-state index contributed by atoms with van der Waals surface area (Å²) in [7, 11) is 0. The number of halogens is 1. The van der Waals surface area contributed by atoms with E-state index in [1.807, 2.05) is 36.1 Å². The van der Waals surface area contributed by atoms with E-state index in [0.29, 0.717) is 22.9 Å². The predicted molar refractivity (Wildman–Crippen MR) is 88.4 cm³/mol. The summed E-state index contributed by atoms with van der Waals surface area (Å²) in [6, 6.07) is 9.47. The van der Waals surface area contributed by atoms with Crippen molar-refractivity contribution in [1.29, 1.82) is 0 Å². The largest absolute Gasteiger partial charge is 0.334 e. The van der Waals surface area contributed by atoms with E-state index in [4.69, 9.17) is 11.6 Å². The molecule has 116 valence electrons. The molecule has 23 heavy (non-hydrogen) atoms. The number of rotatable bonds is 1. The fourth-order valence-electron chi connectivity index (χ4n) is 3.03. The lowest BCUT2D eigenvalue weighted by atomic mass is 10.00. The summed E-state index contributed by atoms with van der Waals surface area (Å²) in [6.45, 7) is 2.58. The van der Waals surface area contributed by atoms with Gasteiger partial charge in [-0.2, -0.15) is 0 Å². The molecular weight excluding hydrogens is 312 g/mol. The summed E-state index contributed by atoms with van der Waals surface area (Å²) >= 11 is 6.14. The van der Waals surface area contributed by atoms with Crippen LogP contribution in [0.1, 0.15) is 28.8 Å². The van der Waals surface area contributed by atoms with Crippen molar-refractivity contribution in [2.75, 3.05) is 0 Å². The van der Waals surface area contributed by atoms with E-state index in [0.717, 1.165) is 23.2 Å². The first-order valence-corrected chi connectivity index (χ1v) is 7.89. The standard InChI is InChI=1S/C17H15ClN4O/c1-10-8-14-11(4-3-7-19-14)9-22(10)17(23)16-20-13-6-2-5-12(18)15(13)21-16/h2-7,10H,8-9H2,1H3,(H,20,21). The third kappa shape index (κ3) is 2.37. The molecule has 0 aliphatic carbocycles. The zero-order chi connectivity index (χ0) is 16.0. The molecule has 0 saturated carbocycles. The number of nitrogens with zero attached hydrogens (tertiary/aromatic N) is 3. The molecule has 1 amide bonds. The zero-order valence-electron chi connectivity index (χ0n) is 12.6. The minimum Gasteiger partial charge on any atom is -0.334 e. The number of pyridine rings is 1. The van der Waals surface area contributed by atoms with Crippen LogP contribution in [0, 0.1) is 0 Å². The quantitative estimate of drug-likeness (QED) is 0.747. The number of aromatic amines is 1. The van der Waals surface area contributed by atoms with E-state index in [-0.39, 0.29) is 11.9 Å². The van der Waals surface area contributed by atoms with Gasteiger partial charge in [0, 0.05) is 30.9 Å². The maximum atomic E-state index is 12.9. The average Bonchev–Trinajstić information content (AvgIpc) is 2.99. The van der Waals surface area contributed by atoms with Gasteiger partial charge in [-0.1, -0.05) is 23.7 Å². The zero-order valence-corrected chi connectivity index (χ0v) is 13.3. The van der Waals surface area contributed by atoms with Crippen molar-refractivity contribution in [3.05, 3.63) is 58.6 Å². The SMILES string of the molecule is CC1Cc2ncccc2CN1C(=O)c1nc2c(Cl)cccc2[nH]1. The molecule has 0 saturated heterocycles. The molecule has 1 aliphatic heterocycles. The number of fused-ring (bicyclic) bond motifs is 2. The van der Waals surface area contributed by atoms with Crippen molar-refractivity contribution in [2.45, 2.75) is 25.9 Å². The van der Waals surface area contributed by atoms with Crippen LogP contribution in [0.15, 0.2) is 36.5 Å². The molecule has 0 spiro atoms. The van der Waals surface area contributed by atoms with Crippen LogP contribution in [0.25, 0.3) is 11.0 Å². The highest BCUT2D eigenvalue weighted by atomic mass is 35.5. The first-order chi connectivity index (χ1) is 11.1. The van der Waals surface area contributed by atoms with Crippen molar-refractivity contribution < 1.29 is 4.79 Å². The second kappa shape index (κ2) is 5.35. The Morgan fingerprint density at radius 2 is 2.22 bits per heavy atom. The third-order valence-electron chi connectivity index (χ3n) is 4.27. The average molecular weight is 327 g/mol. The van der Waals surface area contributed by atoms with Crippen LogP contribution in [-0.2, 0) is 13.0 Å². The van der Waals surface area contributed by atoms with E-state index in [2.05, 4.69) is 15.0 Å². The fraction of sp³-hybridized carbons (Fsp3) is 0.235. The van der Waals surface area contributed by atoms with Gasteiger partial charge in [-0.05, 0) is 30.7 Å². The van der Waals surface area contributed by atoms with Gasteiger partial charge in [0.2, 0.25) is 0 Å². The highest BCUT2D eigenvalue weighted by Crippen LogP contribution is 2.25. The van der Waals surface area contributed by atoms with E-state index < -0.39 is 0 Å². The summed E-state index contributed by atoms with van der Waals surface area (Å²) in [5.41, 5.74) is 3.56. The van der Waals surface area contributed by atoms with Crippen molar-refractivity contribution in [1.82, 2.24) is 19.9 Å². The normalized spacial score (nSPS) is 17.3. The number of para-hydroxylation sites is 1. The Hall–Kier alpha value is -2.40. The van der Waals surface area contributed by atoms with Gasteiger partial charge in [0.25, 0.3) is 5.91 Å². The van der Waals surface area contributed by atoms with Crippen LogP contribution in [0.5, 0.6) is 0 Å². The Morgan fingerprint density at radius 1 is 1.35 bits per heavy atom. The minimum absolute atomic E-state index is 0.0774. The van der Waals surface area contributed by atoms with E-state index in [1.54, 1.807) is 12.3 Å². The van der Waals surface area contributed by atoms with E-state index >= 15 is 0 Å². The number of H-pyrrole nitrogens is 1. The van der Waals surface area contributed by atoms with Gasteiger partial charge in [-0.25, -0.2) is 4.98 Å². The molecule has 4 rings (SSSR count). The van der Waals surface area contributed by atoms with Crippen LogP contribution in [0.3, 0.4) is 0 Å². The van der Waals surface area contributed by atoms with E-state index in [1.165, 1.54) is 0 Å². The number of hydrogen-bond donors (Lipinski definition) is 1. The molecule has 1 aromatic carbocycles. The van der Waals surface area contributed by atoms with Crippen LogP contribution in [-0.4, -0.2) is 31.8 Å². The molecule has 3 aromatic rings. The maximum absolute atomic E-state index is 12.9. The van der Waals surface area contributed by atoms with Gasteiger partial charge >= 0.3 is 0 Å². The van der Waals surface area contributed by atoms with Crippen molar-refractivity contribution in [3.8, 4) is 0 Å². The Balaban J connectivity index is 1.69. The lowest BCUT2D eigenvalue weighted by Gasteiger charge is -2.33. The molecule has 3 heterocycles. The molecule has 1 atom stereocenters. The number of nitrogens with one attached hydrogen (secondary N) is 1. The fourth-order valence-corrected chi connectivity index (χ4v) is 3.25.